The largest absolute Gasteiger partial charge is 0.748 e. The van der Waals surface area contributed by atoms with Gasteiger partial charge in [0.25, 0.3) is 0 Å². The maximum absolute atomic E-state index is 10.4. The highest BCUT2D eigenvalue weighted by Gasteiger charge is 2.15. The number of hydrogen-bond donors (Lipinski definition) is 0. The molecule has 0 aliphatic rings. The first kappa shape index (κ1) is 16.8. The van der Waals surface area contributed by atoms with Gasteiger partial charge in [0.2, 0.25) is 0 Å². The predicted octanol–water partition coefficient (Wildman–Crippen LogP) is 1.51. The van der Waals surface area contributed by atoms with Crippen molar-refractivity contribution >= 4 is 10.1 Å². The van der Waals surface area contributed by atoms with Crippen LogP contribution in [0, 0.1) is 0 Å². The molecule has 0 aromatic rings. The number of quaternary nitrogens is 1. The van der Waals surface area contributed by atoms with Gasteiger partial charge >= 0.3 is 0 Å². The Labute approximate surface area is 105 Å². The second kappa shape index (κ2) is 8.02. The summed E-state index contributed by atoms with van der Waals surface area (Å²) < 4.78 is 31.6. The number of rotatable bonds is 10. The predicted molar refractivity (Wildman–Crippen MR) is 66.3 cm³/mol. The fraction of sp³-hybridized carbons (Fsp3) is 1.00. The molecule has 0 aliphatic carbocycles. The van der Waals surface area contributed by atoms with Crippen molar-refractivity contribution in [3.05, 3.63) is 0 Å². The molecule has 0 aromatic carbocycles. The van der Waals surface area contributed by atoms with Gasteiger partial charge in [-0.3, -0.25) is 0 Å². The fourth-order valence-electron chi connectivity index (χ4n) is 1.50. The minimum atomic E-state index is -4.06. The molecule has 104 valence electrons. The first-order chi connectivity index (χ1) is 7.77. The molecular weight excluding hydrogens is 242 g/mol. The molecule has 0 unspecified atom stereocenters. The molecule has 6 heteroatoms. The molecule has 17 heavy (non-hydrogen) atoms. The number of hydroxylamine groups is 3. The van der Waals surface area contributed by atoms with E-state index in [9.17, 15) is 13.0 Å². The topological polar surface area (TPSA) is 66.4 Å². The summed E-state index contributed by atoms with van der Waals surface area (Å²) in [7, 11) is -0.180. The van der Waals surface area contributed by atoms with Gasteiger partial charge in [-0.25, -0.2) is 13.3 Å². The van der Waals surface area contributed by atoms with Gasteiger partial charge in [0.1, 0.15) is 13.2 Å². The summed E-state index contributed by atoms with van der Waals surface area (Å²) in [6.45, 7) is 3.59. The van der Waals surface area contributed by atoms with Crippen LogP contribution < -0.4 is 0 Å². The summed E-state index contributed by atoms with van der Waals surface area (Å²) in [5.41, 5.74) is 0. The van der Waals surface area contributed by atoms with E-state index < -0.39 is 10.1 Å². The normalized spacial score (nSPS) is 12.9. The Bertz CT molecular complexity index is 288. The van der Waals surface area contributed by atoms with E-state index in [4.69, 9.17) is 4.84 Å². The number of nitrogens with zero attached hydrogens (tertiary/aromatic N) is 1. The van der Waals surface area contributed by atoms with Gasteiger partial charge in [-0.05, 0) is 12.8 Å². The van der Waals surface area contributed by atoms with Gasteiger partial charge in [0.15, 0.2) is 0 Å². The van der Waals surface area contributed by atoms with E-state index in [0.29, 0.717) is 17.5 Å². The van der Waals surface area contributed by atoms with Crippen LogP contribution in [0.2, 0.25) is 0 Å². The number of unbranched alkanes of at least 4 members (excludes halogenated alkanes) is 3. The Hall–Kier alpha value is -0.170. The summed E-state index contributed by atoms with van der Waals surface area (Å²) >= 11 is 0. The monoisotopic (exact) mass is 267 g/mol. The van der Waals surface area contributed by atoms with Crippen LogP contribution in [0.25, 0.3) is 0 Å². The van der Waals surface area contributed by atoms with E-state index in [1.807, 2.05) is 14.1 Å². The highest BCUT2D eigenvalue weighted by atomic mass is 32.2. The smallest absolute Gasteiger partial charge is 0.108 e. The van der Waals surface area contributed by atoms with Crippen LogP contribution in [0.5, 0.6) is 0 Å². The van der Waals surface area contributed by atoms with Crippen molar-refractivity contribution in [2.45, 2.75) is 39.0 Å². The standard InChI is InChI=1S/C11H25NO4S/c1-4-5-7-10-16-12(2,3)9-6-8-11-17(13,14)15/h4-11H2,1-3H3. The lowest BCUT2D eigenvalue weighted by Gasteiger charge is -2.27. The second-order valence-corrected chi connectivity index (χ2v) is 6.33. The first-order valence-corrected chi connectivity index (χ1v) is 7.76. The Morgan fingerprint density at radius 2 is 1.76 bits per heavy atom. The highest BCUT2D eigenvalue weighted by molar-refractivity contribution is 7.85. The van der Waals surface area contributed by atoms with E-state index in [-0.39, 0.29) is 5.75 Å². The molecule has 0 saturated heterocycles. The first-order valence-electron chi connectivity index (χ1n) is 6.18. The third-order valence-electron chi connectivity index (χ3n) is 2.53. The Morgan fingerprint density at radius 3 is 2.29 bits per heavy atom. The van der Waals surface area contributed by atoms with Crippen LogP contribution in [-0.2, 0) is 15.0 Å². The SMILES string of the molecule is CCCCCO[N+](C)(C)CCCCS(=O)(=O)[O-]. The Balaban J connectivity index is 3.63. The van der Waals surface area contributed by atoms with Gasteiger partial charge in [-0.1, -0.05) is 19.8 Å². The summed E-state index contributed by atoms with van der Waals surface area (Å²) in [6.07, 6.45) is 4.47. The van der Waals surface area contributed by atoms with Gasteiger partial charge < -0.3 is 4.55 Å². The van der Waals surface area contributed by atoms with Crippen LogP contribution in [0.1, 0.15) is 39.0 Å². The lowest BCUT2D eigenvalue weighted by atomic mass is 10.3. The third-order valence-corrected chi connectivity index (χ3v) is 3.32. The van der Waals surface area contributed by atoms with Crippen LogP contribution in [0.3, 0.4) is 0 Å². The molecule has 0 aliphatic heterocycles. The highest BCUT2D eigenvalue weighted by Crippen LogP contribution is 2.06. The van der Waals surface area contributed by atoms with Crippen LogP contribution in [0.4, 0.5) is 0 Å². The average Bonchev–Trinajstić information content (AvgIpc) is 2.18. The van der Waals surface area contributed by atoms with E-state index in [1.54, 1.807) is 0 Å². The van der Waals surface area contributed by atoms with Crippen LogP contribution >= 0.6 is 0 Å². The Morgan fingerprint density at radius 1 is 1.12 bits per heavy atom. The lowest BCUT2D eigenvalue weighted by molar-refractivity contribution is -1.08. The quantitative estimate of drug-likeness (QED) is 0.260. The molecule has 5 nitrogen and oxygen atoms in total. The molecule has 0 saturated carbocycles. The molecule has 0 spiro atoms. The van der Waals surface area contributed by atoms with E-state index in [0.717, 1.165) is 32.4 Å². The second-order valence-electron chi connectivity index (χ2n) is 4.81. The van der Waals surface area contributed by atoms with Gasteiger partial charge in [0.05, 0.1) is 24.2 Å². The molecule has 0 bridgehead atoms. The summed E-state index contributed by atoms with van der Waals surface area (Å²) in [5.74, 6) is -0.275. The minimum absolute atomic E-state index is 0.275. The fourth-order valence-corrected chi connectivity index (χ4v) is 2.06. The van der Waals surface area contributed by atoms with E-state index in [2.05, 4.69) is 6.92 Å². The van der Waals surface area contributed by atoms with Crippen molar-refractivity contribution in [2.24, 2.45) is 0 Å². The van der Waals surface area contributed by atoms with Crippen molar-refractivity contribution in [1.82, 2.24) is 0 Å². The molecular formula is C11H25NO4S. The van der Waals surface area contributed by atoms with Crippen molar-refractivity contribution in [1.29, 1.82) is 0 Å². The maximum atomic E-state index is 10.4. The van der Waals surface area contributed by atoms with Crippen molar-refractivity contribution < 1.29 is 22.5 Å². The van der Waals surface area contributed by atoms with E-state index in [1.165, 1.54) is 0 Å². The Kier molecular flexibility index (Phi) is 7.94. The van der Waals surface area contributed by atoms with Gasteiger partial charge in [-0.15, -0.1) is 0 Å². The van der Waals surface area contributed by atoms with Crippen molar-refractivity contribution in [3.8, 4) is 0 Å². The van der Waals surface area contributed by atoms with E-state index >= 15 is 0 Å². The summed E-state index contributed by atoms with van der Waals surface area (Å²) in [4.78, 5) is 5.67. The zero-order valence-electron chi connectivity index (χ0n) is 11.1. The molecule has 0 atom stereocenters. The summed E-state index contributed by atoms with van der Waals surface area (Å²) in [5, 5.41) is 0. The van der Waals surface area contributed by atoms with Crippen molar-refractivity contribution in [2.75, 3.05) is 33.0 Å². The third kappa shape index (κ3) is 12.1. The molecule has 0 amide bonds. The molecule has 0 rings (SSSR count). The van der Waals surface area contributed by atoms with Crippen LogP contribution in [-0.4, -0.2) is 50.6 Å². The zero-order valence-corrected chi connectivity index (χ0v) is 12.0. The van der Waals surface area contributed by atoms with Gasteiger partial charge in [-0.2, -0.15) is 4.65 Å². The minimum Gasteiger partial charge on any atom is -0.748 e. The van der Waals surface area contributed by atoms with Crippen LogP contribution in [0.15, 0.2) is 0 Å². The summed E-state index contributed by atoms with van der Waals surface area (Å²) in [6, 6.07) is 0. The zero-order chi connectivity index (χ0) is 13.4. The molecule has 0 N–H and O–H groups in total. The number of hydrogen-bond acceptors (Lipinski definition) is 4. The molecule has 0 aromatic heterocycles. The lowest BCUT2D eigenvalue weighted by Crippen LogP contribution is -2.40. The van der Waals surface area contributed by atoms with Crippen molar-refractivity contribution in [3.63, 3.8) is 0 Å². The molecule has 0 heterocycles. The molecule has 0 fully saturated rings. The maximum Gasteiger partial charge on any atom is 0.108 e. The average molecular weight is 267 g/mol. The molecule has 0 radical (unpaired) electrons. The van der Waals surface area contributed by atoms with Gasteiger partial charge in [0, 0.05) is 12.2 Å².